The van der Waals surface area contributed by atoms with Crippen LogP contribution in [0.3, 0.4) is 0 Å². The molecule has 2 N–H and O–H groups in total. The molecule has 0 bridgehead atoms. The zero-order chi connectivity index (χ0) is 12.3. The smallest absolute Gasteiger partial charge is 0.338 e. The van der Waals surface area contributed by atoms with E-state index < -0.39 is 0 Å². The first kappa shape index (κ1) is 11.7. The van der Waals surface area contributed by atoms with Crippen LogP contribution < -0.4 is 10.5 Å². The molecule has 1 heterocycles. The summed E-state index contributed by atoms with van der Waals surface area (Å²) < 4.78 is 15.5. The molecule has 1 saturated heterocycles. The first-order valence-electron chi connectivity index (χ1n) is 5.43. The molecule has 1 aliphatic heterocycles. The van der Waals surface area contributed by atoms with Crippen molar-refractivity contribution in [3.63, 3.8) is 0 Å². The van der Waals surface area contributed by atoms with Crippen molar-refractivity contribution in [2.45, 2.75) is 12.5 Å². The summed E-state index contributed by atoms with van der Waals surface area (Å²) in [5.41, 5.74) is 6.59. The lowest BCUT2D eigenvalue weighted by Crippen LogP contribution is -2.18. The van der Waals surface area contributed by atoms with E-state index in [9.17, 15) is 4.79 Å². The molecule has 0 amide bonds. The standard InChI is InChI=1S/C12H15NO4/c1-15-11-6-8(2-3-10(11)13)12(14)17-9-4-5-16-7-9/h2-3,6,9H,4-5,7,13H2,1H3. The fourth-order valence-electron chi connectivity index (χ4n) is 1.66. The van der Waals surface area contributed by atoms with Gasteiger partial charge in [0.2, 0.25) is 0 Å². The van der Waals surface area contributed by atoms with Crippen LogP contribution in [0, 0.1) is 0 Å². The van der Waals surface area contributed by atoms with Crippen LogP contribution in [0.4, 0.5) is 5.69 Å². The number of ether oxygens (including phenoxy) is 3. The Bertz CT molecular complexity index is 413. The van der Waals surface area contributed by atoms with E-state index in [0.29, 0.717) is 30.2 Å². The second-order valence-electron chi connectivity index (χ2n) is 3.85. The number of nitrogens with two attached hydrogens (primary N) is 1. The van der Waals surface area contributed by atoms with E-state index in [2.05, 4.69) is 0 Å². The second-order valence-corrected chi connectivity index (χ2v) is 3.85. The molecule has 1 aromatic rings. The van der Waals surface area contributed by atoms with Crippen LogP contribution in [0.1, 0.15) is 16.8 Å². The lowest BCUT2D eigenvalue weighted by molar-refractivity contribution is 0.0270. The second kappa shape index (κ2) is 5.05. The molecule has 0 saturated carbocycles. The van der Waals surface area contributed by atoms with E-state index in [1.54, 1.807) is 18.2 Å². The van der Waals surface area contributed by atoms with Crippen molar-refractivity contribution in [3.05, 3.63) is 23.8 Å². The van der Waals surface area contributed by atoms with Gasteiger partial charge in [-0.1, -0.05) is 0 Å². The minimum absolute atomic E-state index is 0.147. The van der Waals surface area contributed by atoms with E-state index in [-0.39, 0.29) is 12.1 Å². The molecule has 2 rings (SSSR count). The lowest BCUT2D eigenvalue weighted by atomic mass is 10.2. The van der Waals surface area contributed by atoms with Crippen molar-refractivity contribution in [1.82, 2.24) is 0 Å². The Hall–Kier alpha value is -1.75. The Morgan fingerprint density at radius 3 is 3.00 bits per heavy atom. The number of esters is 1. The van der Waals surface area contributed by atoms with Crippen molar-refractivity contribution < 1.29 is 19.0 Å². The first-order valence-corrected chi connectivity index (χ1v) is 5.43. The number of carbonyl (C=O) groups is 1. The SMILES string of the molecule is COc1cc(C(=O)OC2CCOC2)ccc1N. The number of carbonyl (C=O) groups excluding carboxylic acids is 1. The summed E-state index contributed by atoms with van der Waals surface area (Å²) in [6.07, 6.45) is 0.601. The van der Waals surface area contributed by atoms with Gasteiger partial charge in [0.05, 0.1) is 31.6 Å². The molecule has 1 unspecified atom stereocenters. The third-order valence-corrected chi connectivity index (χ3v) is 2.63. The Balaban J connectivity index is 2.07. The zero-order valence-corrected chi connectivity index (χ0v) is 9.64. The topological polar surface area (TPSA) is 70.8 Å². The van der Waals surface area contributed by atoms with Crippen LogP contribution in [0.15, 0.2) is 18.2 Å². The molecule has 1 atom stereocenters. The van der Waals surface area contributed by atoms with Gasteiger partial charge in [-0.15, -0.1) is 0 Å². The predicted octanol–water partition coefficient (Wildman–Crippen LogP) is 1.22. The maximum atomic E-state index is 11.8. The van der Waals surface area contributed by atoms with Gasteiger partial charge in [-0.2, -0.15) is 0 Å². The molecule has 1 fully saturated rings. The maximum Gasteiger partial charge on any atom is 0.338 e. The van der Waals surface area contributed by atoms with Crippen LogP contribution in [-0.2, 0) is 9.47 Å². The molecular weight excluding hydrogens is 222 g/mol. The molecule has 0 radical (unpaired) electrons. The van der Waals surface area contributed by atoms with Crippen molar-refractivity contribution in [3.8, 4) is 5.75 Å². The number of hydrogen-bond acceptors (Lipinski definition) is 5. The van der Waals surface area contributed by atoms with Crippen molar-refractivity contribution in [2.24, 2.45) is 0 Å². The molecule has 17 heavy (non-hydrogen) atoms. The van der Waals surface area contributed by atoms with Crippen LogP contribution in [0.5, 0.6) is 5.75 Å². The number of anilines is 1. The van der Waals surface area contributed by atoms with Gasteiger partial charge >= 0.3 is 5.97 Å². The van der Waals surface area contributed by atoms with Crippen LogP contribution >= 0.6 is 0 Å². The number of rotatable bonds is 3. The zero-order valence-electron chi connectivity index (χ0n) is 9.64. The molecule has 0 aliphatic carbocycles. The number of benzene rings is 1. The highest BCUT2D eigenvalue weighted by atomic mass is 16.6. The molecule has 5 heteroatoms. The van der Waals surface area contributed by atoms with Gasteiger partial charge in [0, 0.05) is 6.42 Å². The average molecular weight is 237 g/mol. The van der Waals surface area contributed by atoms with Crippen LogP contribution in [0.2, 0.25) is 0 Å². The minimum atomic E-state index is -0.376. The molecule has 5 nitrogen and oxygen atoms in total. The molecule has 1 aromatic carbocycles. The van der Waals surface area contributed by atoms with E-state index in [1.165, 1.54) is 7.11 Å². The van der Waals surface area contributed by atoms with Gasteiger partial charge in [-0.05, 0) is 18.2 Å². The fourth-order valence-corrected chi connectivity index (χ4v) is 1.66. The summed E-state index contributed by atoms with van der Waals surface area (Å²) in [6, 6.07) is 4.82. The highest BCUT2D eigenvalue weighted by Crippen LogP contribution is 2.23. The minimum Gasteiger partial charge on any atom is -0.495 e. The number of nitrogen functional groups attached to an aromatic ring is 1. The lowest BCUT2D eigenvalue weighted by Gasteiger charge is -2.11. The normalized spacial score (nSPS) is 19.0. The van der Waals surface area contributed by atoms with Gasteiger partial charge in [0.1, 0.15) is 11.9 Å². The van der Waals surface area contributed by atoms with E-state index >= 15 is 0 Å². The van der Waals surface area contributed by atoms with Gasteiger partial charge in [-0.25, -0.2) is 4.79 Å². The predicted molar refractivity (Wildman–Crippen MR) is 62.0 cm³/mol. The van der Waals surface area contributed by atoms with Crippen molar-refractivity contribution in [2.75, 3.05) is 26.1 Å². The Labute approximate surface area is 99.5 Å². The van der Waals surface area contributed by atoms with E-state index in [0.717, 1.165) is 6.42 Å². The summed E-state index contributed by atoms with van der Waals surface area (Å²) >= 11 is 0. The Kier molecular flexibility index (Phi) is 3.49. The Morgan fingerprint density at radius 2 is 2.35 bits per heavy atom. The van der Waals surface area contributed by atoms with Gasteiger partial charge in [-0.3, -0.25) is 0 Å². The summed E-state index contributed by atoms with van der Waals surface area (Å²) in [4.78, 5) is 11.8. The third-order valence-electron chi connectivity index (χ3n) is 2.63. The molecule has 0 spiro atoms. The summed E-state index contributed by atoms with van der Waals surface area (Å²) in [5.74, 6) is 0.0981. The number of hydrogen-bond donors (Lipinski definition) is 1. The van der Waals surface area contributed by atoms with Crippen LogP contribution in [0.25, 0.3) is 0 Å². The molecule has 1 aliphatic rings. The molecule has 92 valence electrons. The van der Waals surface area contributed by atoms with Gasteiger partial charge in [0.15, 0.2) is 0 Å². The summed E-state index contributed by atoms with van der Waals surface area (Å²) in [5, 5.41) is 0. The average Bonchev–Trinajstić information content (AvgIpc) is 2.82. The molecular formula is C12H15NO4. The Morgan fingerprint density at radius 1 is 1.53 bits per heavy atom. The van der Waals surface area contributed by atoms with Crippen molar-refractivity contribution >= 4 is 11.7 Å². The largest absolute Gasteiger partial charge is 0.495 e. The summed E-state index contributed by atoms with van der Waals surface area (Å²) in [6.45, 7) is 1.11. The monoisotopic (exact) mass is 237 g/mol. The highest BCUT2D eigenvalue weighted by Gasteiger charge is 2.21. The van der Waals surface area contributed by atoms with Crippen LogP contribution in [-0.4, -0.2) is 32.4 Å². The van der Waals surface area contributed by atoms with Gasteiger partial charge in [0.25, 0.3) is 0 Å². The highest BCUT2D eigenvalue weighted by molar-refractivity contribution is 5.90. The first-order chi connectivity index (χ1) is 8.20. The number of methoxy groups -OCH3 is 1. The van der Waals surface area contributed by atoms with Crippen molar-refractivity contribution in [1.29, 1.82) is 0 Å². The van der Waals surface area contributed by atoms with E-state index in [1.807, 2.05) is 0 Å². The van der Waals surface area contributed by atoms with Gasteiger partial charge < -0.3 is 19.9 Å². The maximum absolute atomic E-state index is 11.8. The summed E-state index contributed by atoms with van der Waals surface area (Å²) in [7, 11) is 1.51. The fraction of sp³-hybridized carbons (Fsp3) is 0.417. The third kappa shape index (κ3) is 2.68. The molecule has 0 aromatic heterocycles. The van der Waals surface area contributed by atoms with E-state index in [4.69, 9.17) is 19.9 Å². The quantitative estimate of drug-likeness (QED) is 0.632.